The van der Waals surface area contributed by atoms with Crippen LogP contribution in [-0.4, -0.2) is 24.2 Å². The van der Waals surface area contributed by atoms with E-state index in [2.05, 4.69) is 17.0 Å². The second-order valence-electron chi connectivity index (χ2n) is 4.28. The van der Waals surface area contributed by atoms with Gasteiger partial charge in [0.15, 0.2) is 0 Å². The number of carboxylic acid groups (broad SMARTS) is 1. The normalized spacial score (nSPS) is 16.8. The highest BCUT2D eigenvalue weighted by atomic mass is 32.1. The van der Waals surface area contributed by atoms with Crippen molar-refractivity contribution >= 4 is 28.4 Å². The summed E-state index contributed by atoms with van der Waals surface area (Å²) >= 11 is 1.76. The van der Waals surface area contributed by atoms with Crippen LogP contribution in [0.3, 0.4) is 0 Å². The number of hydrogen-bond donors (Lipinski definition) is 1. The molecule has 0 unspecified atom stereocenters. The van der Waals surface area contributed by atoms with Gasteiger partial charge in [-0.15, -0.1) is 11.3 Å². The van der Waals surface area contributed by atoms with Crippen LogP contribution >= 0.6 is 11.3 Å². The van der Waals surface area contributed by atoms with Crippen LogP contribution in [0.15, 0.2) is 30.4 Å². The lowest BCUT2D eigenvalue weighted by molar-refractivity contribution is -0.131. The average molecular weight is 263 g/mol. The second kappa shape index (κ2) is 6.40. The smallest absolute Gasteiger partial charge is 0.328 e. The predicted molar refractivity (Wildman–Crippen MR) is 76.2 cm³/mol. The number of allylic oxidation sites excluding steroid dienone is 2. The van der Waals surface area contributed by atoms with Gasteiger partial charge >= 0.3 is 5.97 Å². The molecule has 4 heteroatoms. The molecule has 18 heavy (non-hydrogen) atoms. The number of hydrogen-bond acceptors (Lipinski definition) is 3. The molecule has 0 aliphatic carbocycles. The van der Waals surface area contributed by atoms with Crippen molar-refractivity contribution in [2.24, 2.45) is 0 Å². The number of rotatable bonds is 4. The first-order valence-corrected chi connectivity index (χ1v) is 7.00. The van der Waals surface area contributed by atoms with Gasteiger partial charge in [-0.25, -0.2) is 4.79 Å². The Morgan fingerprint density at radius 2 is 2.00 bits per heavy atom. The molecule has 3 nitrogen and oxygen atoms in total. The van der Waals surface area contributed by atoms with Crippen LogP contribution in [-0.2, 0) is 4.79 Å². The van der Waals surface area contributed by atoms with Crippen LogP contribution in [0.1, 0.15) is 24.1 Å². The maximum atomic E-state index is 10.3. The number of anilines is 1. The third kappa shape index (κ3) is 3.74. The lowest BCUT2D eigenvalue weighted by atomic mass is 10.1. The summed E-state index contributed by atoms with van der Waals surface area (Å²) in [5.41, 5.74) is 0. The molecule has 0 bridgehead atoms. The zero-order valence-corrected chi connectivity index (χ0v) is 11.0. The monoisotopic (exact) mass is 263 g/mol. The summed E-state index contributed by atoms with van der Waals surface area (Å²) in [5.74, 6) is -0.917. The van der Waals surface area contributed by atoms with Gasteiger partial charge < -0.3 is 10.0 Å². The van der Waals surface area contributed by atoms with E-state index in [-0.39, 0.29) is 0 Å². The van der Waals surface area contributed by atoms with Crippen molar-refractivity contribution in [1.29, 1.82) is 0 Å². The molecule has 1 N–H and O–H groups in total. The topological polar surface area (TPSA) is 40.5 Å². The van der Waals surface area contributed by atoms with Crippen molar-refractivity contribution in [1.82, 2.24) is 0 Å². The summed E-state index contributed by atoms with van der Waals surface area (Å²) in [4.78, 5) is 13.9. The molecule has 1 saturated heterocycles. The van der Waals surface area contributed by atoms with E-state index in [0.717, 1.165) is 24.0 Å². The molecule has 0 amide bonds. The van der Waals surface area contributed by atoms with Gasteiger partial charge in [0.1, 0.15) is 0 Å². The van der Waals surface area contributed by atoms with Gasteiger partial charge in [0, 0.05) is 24.0 Å². The van der Waals surface area contributed by atoms with Crippen LogP contribution in [0.5, 0.6) is 0 Å². The minimum absolute atomic E-state index is 0.917. The number of nitrogens with zero attached hydrogens (tertiary/aromatic N) is 1. The Bertz CT molecular complexity index is 456. The van der Waals surface area contributed by atoms with Crippen molar-refractivity contribution in [3.05, 3.63) is 35.2 Å². The van der Waals surface area contributed by atoms with Crippen LogP contribution in [0, 0.1) is 0 Å². The van der Waals surface area contributed by atoms with Crippen molar-refractivity contribution < 1.29 is 9.90 Å². The molecule has 1 aromatic rings. The quantitative estimate of drug-likeness (QED) is 0.668. The molecule has 0 aromatic carbocycles. The van der Waals surface area contributed by atoms with Crippen LogP contribution in [0.2, 0.25) is 0 Å². The first-order chi connectivity index (χ1) is 8.75. The largest absolute Gasteiger partial charge is 0.478 e. The highest BCUT2D eigenvalue weighted by Crippen LogP contribution is 2.29. The molecule has 96 valence electrons. The SMILES string of the molecule is O=C(O)C=CC=Cc1ccc(N2CCCCC2)s1. The fourth-order valence-electron chi connectivity index (χ4n) is 2.00. The third-order valence-corrected chi connectivity index (χ3v) is 4.00. The minimum atomic E-state index is -0.917. The zero-order valence-electron chi connectivity index (χ0n) is 10.2. The van der Waals surface area contributed by atoms with Gasteiger partial charge in [0.05, 0.1) is 5.00 Å². The van der Waals surface area contributed by atoms with E-state index in [1.165, 1.54) is 24.3 Å². The van der Waals surface area contributed by atoms with E-state index in [4.69, 9.17) is 5.11 Å². The molecule has 1 aliphatic heterocycles. The second-order valence-corrected chi connectivity index (χ2v) is 5.37. The highest BCUT2D eigenvalue weighted by Gasteiger charge is 2.11. The van der Waals surface area contributed by atoms with E-state index in [0.29, 0.717) is 0 Å². The molecule has 2 rings (SSSR count). The Kier molecular flexibility index (Phi) is 4.59. The Morgan fingerprint density at radius 1 is 1.22 bits per heavy atom. The molecule has 1 fully saturated rings. The summed E-state index contributed by atoms with van der Waals surface area (Å²) in [7, 11) is 0. The zero-order chi connectivity index (χ0) is 12.8. The number of piperidine rings is 1. The molecule has 0 radical (unpaired) electrons. The Morgan fingerprint density at radius 3 is 2.72 bits per heavy atom. The minimum Gasteiger partial charge on any atom is -0.478 e. The fourth-order valence-corrected chi connectivity index (χ4v) is 2.98. The molecule has 1 aliphatic rings. The number of aliphatic carboxylic acids is 1. The maximum Gasteiger partial charge on any atom is 0.328 e. The first kappa shape index (κ1) is 12.9. The molecular weight excluding hydrogens is 246 g/mol. The van der Waals surface area contributed by atoms with Crippen molar-refractivity contribution in [2.75, 3.05) is 18.0 Å². The predicted octanol–water partition coefficient (Wildman–Crippen LogP) is 3.39. The molecular formula is C14H17NO2S. The number of thiophene rings is 1. The molecule has 0 atom stereocenters. The molecule has 0 saturated carbocycles. The summed E-state index contributed by atoms with van der Waals surface area (Å²) < 4.78 is 0. The number of carboxylic acids is 1. The van der Waals surface area contributed by atoms with Gasteiger partial charge in [0.25, 0.3) is 0 Å². The first-order valence-electron chi connectivity index (χ1n) is 6.18. The van der Waals surface area contributed by atoms with E-state index in [1.54, 1.807) is 23.5 Å². The van der Waals surface area contributed by atoms with Crippen LogP contribution in [0.4, 0.5) is 5.00 Å². The van der Waals surface area contributed by atoms with Gasteiger partial charge in [-0.3, -0.25) is 0 Å². The summed E-state index contributed by atoms with van der Waals surface area (Å²) in [6.07, 6.45) is 10.3. The Labute approximate surface area is 111 Å². The molecule has 2 heterocycles. The third-order valence-electron chi connectivity index (χ3n) is 2.89. The lowest BCUT2D eigenvalue weighted by Gasteiger charge is -2.27. The summed E-state index contributed by atoms with van der Waals surface area (Å²) in [6.45, 7) is 2.31. The van der Waals surface area contributed by atoms with Crippen LogP contribution in [0.25, 0.3) is 6.08 Å². The lowest BCUT2D eigenvalue weighted by Crippen LogP contribution is -2.28. The summed E-state index contributed by atoms with van der Waals surface area (Å²) in [5, 5.41) is 9.78. The standard InChI is InChI=1S/C14H17NO2S/c16-14(17)7-3-2-6-12-8-9-13(18-12)15-10-4-1-5-11-15/h2-3,6-9H,1,4-5,10-11H2,(H,16,17). The molecule has 0 spiro atoms. The van der Waals surface area contributed by atoms with Gasteiger partial charge in [-0.05, 0) is 37.5 Å². The maximum absolute atomic E-state index is 10.3. The van der Waals surface area contributed by atoms with Crippen LogP contribution < -0.4 is 4.90 Å². The fraction of sp³-hybridized carbons (Fsp3) is 0.357. The highest BCUT2D eigenvalue weighted by molar-refractivity contribution is 7.16. The van der Waals surface area contributed by atoms with Crippen molar-refractivity contribution in [3.63, 3.8) is 0 Å². The van der Waals surface area contributed by atoms with Gasteiger partial charge in [-0.1, -0.05) is 12.2 Å². The summed E-state index contributed by atoms with van der Waals surface area (Å²) in [6, 6.07) is 4.23. The van der Waals surface area contributed by atoms with Gasteiger partial charge in [-0.2, -0.15) is 0 Å². The average Bonchev–Trinajstić information content (AvgIpc) is 2.84. The van der Waals surface area contributed by atoms with Crippen molar-refractivity contribution in [3.8, 4) is 0 Å². The van der Waals surface area contributed by atoms with E-state index < -0.39 is 5.97 Å². The van der Waals surface area contributed by atoms with E-state index in [1.807, 2.05) is 6.08 Å². The Hall–Kier alpha value is -1.55. The molecule has 1 aromatic heterocycles. The Balaban J connectivity index is 1.95. The van der Waals surface area contributed by atoms with Crippen molar-refractivity contribution in [2.45, 2.75) is 19.3 Å². The number of carbonyl (C=O) groups is 1. The van der Waals surface area contributed by atoms with E-state index >= 15 is 0 Å². The van der Waals surface area contributed by atoms with Gasteiger partial charge in [0.2, 0.25) is 0 Å². The van der Waals surface area contributed by atoms with E-state index in [9.17, 15) is 4.79 Å².